The number of aromatic nitrogens is 1. The van der Waals surface area contributed by atoms with Crippen LogP contribution in [0.5, 0.6) is 0 Å². The van der Waals surface area contributed by atoms with Gasteiger partial charge in [-0.15, -0.1) is 11.3 Å². The van der Waals surface area contributed by atoms with Crippen LogP contribution in [0.15, 0.2) is 23.6 Å². The fourth-order valence-corrected chi connectivity index (χ4v) is 4.98. The number of hydrogen-bond donors (Lipinski definition) is 1. The number of carbonyl (C=O) groups is 2. The summed E-state index contributed by atoms with van der Waals surface area (Å²) in [5.41, 5.74) is 1.31. The Balaban J connectivity index is 1.77. The van der Waals surface area contributed by atoms with Gasteiger partial charge in [0.2, 0.25) is 5.91 Å². The van der Waals surface area contributed by atoms with Crippen molar-refractivity contribution >= 4 is 51.5 Å². The summed E-state index contributed by atoms with van der Waals surface area (Å²) in [5.74, 6) is -1.56. The quantitative estimate of drug-likeness (QED) is 0.587. The maximum Gasteiger partial charge on any atom is 0.304 e. The number of carbonyl (C=O) groups excluding carboxylic acids is 1. The zero-order chi connectivity index (χ0) is 21.8. The first-order valence-electron chi connectivity index (χ1n) is 9.76. The van der Waals surface area contributed by atoms with Crippen LogP contribution in [0.4, 0.5) is 5.13 Å². The van der Waals surface area contributed by atoms with Gasteiger partial charge in [0.05, 0.1) is 23.2 Å². The summed E-state index contributed by atoms with van der Waals surface area (Å²) in [7, 11) is 1.63. The van der Waals surface area contributed by atoms with Crippen LogP contribution >= 0.6 is 34.5 Å². The number of hydrogen-bond acceptors (Lipinski definition) is 5. The maximum absolute atomic E-state index is 13.2. The lowest BCUT2D eigenvalue weighted by Gasteiger charge is -2.30. The Kier molecular flexibility index (Phi) is 7.74. The van der Waals surface area contributed by atoms with Gasteiger partial charge >= 0.3 is 5.97 Å². The number of benzene rings is 1. The lowest BCUT2D eigenvalue weighted by Crippen LogP contribution is -2.36. The Labute approximate surface area is 189 Å². The van der Waals surface area contributed by atoms with Crippen molar-refractivity contribution in [1.29, 1.82) is 0 Å². The zero-order valence-corrected chi connectivity index (χ0v) is 19.1. The predicted molar refractivity (Wildman–Crippen MR) is 119 cm³/mol. The van der Waals surface area contributed by atoms with Gasteiger partial charge in [0.25, 0.3) is 0 Å². The topological polar surface area (TPSA) is 79.7 Å². The molecule has 1 aromatic carbocycles. The lowest BCUT2D eigenvalue weighted by atomic mass is 9.85. The van der Waals surface area contributed by atoms with Crippen molar-refractivity contribution in [3.63, 3.8) is 0 Å². The number of rotatable bonds is 7. The Morgan fingerprint density at radius 2 is 2.17 bits per heavy atom. The first kappa shape index (κ1) is 23.0. The summed E-state index contributed by atoms with van der Waals surface area (Å²) in [5, 5.41) is 12.7. The molecule has 2 aromatic rings. The number of carboxylic acids is 1. The molecule has 1 aliphatic heterocycles. The molecule has 0 bridgehead atoms. The van der Waals surface area contributed by atoms with Crippen molar-refractivity contribution in [2.75, 3.05) is 18.6 Å². The number of aliphatic carboxylic acids is 1. The minimum absolute atomic E-state index is 0.131. The molecule has 30 heavy (non-hydrogen) atoms. The van der Waals surface area contributed by atoms with E-state index in [1.807, 2.05) is 12.3 Å². The molecule has 0 spiro atoms. The molecule has 2 unspecified atom stereocenters. The fourth-order valence-electron chi connectivity index (χ4n) is 3.79. The number of ether oxygens (including phenoxy) is 1. The van der Waals surface area contributed by atoms with Crippen LogP contribution in [-0.4, -0.2) is 41.7 Å². The van der Waals surface area contributed by atoms with Gasteiger partial charge in [0.1, 0.15) is 0 Å². The van der Waals surface area contributed by atoms with E-state index in [-0.39, 0.29) is 24.3 Å². The van der Waals surface area contributed by atoms with Crippen molar-refractivity contribution in [3.05, 3.63) is 33.6 Å². The van der Waals surface area contributed by atoms with E-state index < -0.39 is 11.9 Å². The molecule has 1 amide bonds. The summed E-state index contributed by atoms with van der Waals surface area (Å²) >= 11 is 13.6. The fraction of sp³-hybridized carbons (Fsp3) is 0.476. The highest BCUT2D eigenvalue weighted by Crippen LogP contribution is 2.35. The molecule has 3 atom stereocenters. The van der Waals surface area contributed by atoms with E-state index in [2.05, 4.69) is 4.98 Å². The van der Waals surface area contributed by atoms with Gasteiger partial charge in [-0.2, -0.15) is 0 Å². The van der Waals surface area contributed by atoms with Gasteiger partial charge in [-0.05, 0) is 50.3 Å². The molecule has 9 heteroatoms. The van der Waals surface area contributed by atoms with Crippen LogP contribution in [0.25, 0.3) is 11.3 Å². The monoisotopic (exact) mass is 470 g/mol. The van der Waals surface area contributed by atoms with Crippen LogP contribution in [0.1, 0.15) is 32.6 Å². The molecule has 1 N–H and O–H groups in total. The molecule has 6 nitrogen and oxygen atoms in total. The maximum atomic E-state index is 13.2. The second-order valence-electron chi connectivity index (χ2n) is 7.64. The Hall–Kier alpha value is -1.67. The number of carboxylic acid groups (broad SMARTS) is 1. The average molecular weight is 471 g/mol. The smallest absolute Gasteiger partial charge is 0.304 e. The van der Waals surface area contributed by atoms with Gasteiger partial charge in [0.15, 0.2) is 5.13 Å². The molecule has 1 fully saturated rings. The van der Waals surface area contributed by atoms with Crippen molar-refractivity contribution in [2.45, 2.75) is 38.7 Å². The van der Waals surface area contributed by atoms with E-state index in [0.717, 1.165) is 12.8 Å². The standard InChI is InChI=1S/C21H24Cl2N2O4S/c1-12-7-13(5-6-29-12)8-14(9-19(26)27)20(28)25(2)21-24-18(11-30-21)16-10-15(22)3-4-17(16)23/h3-4,10-14H,5-9H2,1-2H3,(H,26,27)/t12-,13?,14?/m1/s1. The molecular weight excluding hydrogens is 447 g/mol. The zero-order valence-electron chi connectivity index (χ0n) is 16.8. The molecule has 1 aliphatic rings. The summed E-state index contributed by atoms with van der Waals surface area (Å²) in [4.78, 5) is 30.5. The minimum atomic E-state index is -0.979. The van der Waals surface area contributed by atoms with Gasteiger partial charge < -0.3 is 9.84 Å². The third kappa shape index (κ3) is 5.72. The lowest BCUT2D eigenvalue weighted by molar-refractivity contribution is -0.141. The number of nitrogens with zero attached hydrogens (tertiary/aromatic N) is 2. The average Bonchev–Trinajstić information content (AvgIpc) is 3.18. The van der Waals surface area contributed by atoms with Crippen LogP contribution < -0.4 is 4.90 Å². The first-order valence-corrected chi connectivity index (χ1v) is 11.4. The Bertz CT molecular complexity index is 920. The molecule has 1 aromatic heterocycles. The van der Waals surface area contributed by atoms with Crippen LogP contribution in [-0.2, 0) is 14.3 Å². The first-order chi connectivity index (χ1) is 14.2. The summed E-state index contributed by atoms with van der Waals surface area (Å²) in [6, 6.07) is 5.12. The van der Waals surface area contributed by atoms with E-state index in [0.29, 0.717) is 39.5 Å². The normalized spacial score (nSPS) is 20.0. The van der Waals surface area contributed by atoms with Crippen LogP contribution in [0.3, 0.4) is 0 Å². The second-order valence-corrected chi connectivity index (χ2v) is 9.32. The molecule has 3 rings (SSSR count). The molecule has 0 saturated carbocycles. The van der Waals surface area contributed by atoms with E-state index >= 15 is 0 Å². The van der Waals surface area contributed by atoms with Gasteiger partial charge in [0, 0.05) is 35.5 Å². The van der Waals surface area contributed by atoms with E-state index in [9.17, 15) is 14.7 Å². The van der Waals surface area contributed by atoms with Gasteiger partial charge in [-0.3, -0.25) is 14.5 Å². The van der Waals surface area contributed by atoms with Gasteiger partial charge in [-0.25, -0.2) is 4.98 Å². The number of amides is 1. The Morgan fingerprint density at radius 1 is 1.40 bits per heavy atom. The van der Waals surface area contributed by atoms with E-state index in [1.54, 1.807) is 25.2 Å². The molecular formula is C21H24Cl2N2O4S. The Morgan fingerprint density at radius 3 is 2.87 bits per heavy atom. The number of anilines is 1. The summed E-state index contributed by atoms with van der Waals surface area (Å²) < 4.78 is 5.57. The summed E-state index contributed by atoms with van der Waals surface area (Å²) in [6.07, 6.45) is 2.13. The molecule has 0 radical (unpaired) electrons. The largest absolute Gasteiger partial charge is 0.481 e. The van der Waals surface area contributed by atoms with Crippen molar-refractivity contribution in [2.24, 2.45) is 11.8 Å². The molecule has 0 aliphatic carbocycles. The predicted octanol–water partition coefficient (Wildman–Crippen LogP) is 5.38. The third-order valence-corrected chi connectivity index (χ3v) is 6.78. The number of thiazole rings is 1. The highest BCUT2D eigenvalue weighted by atomic mass is 35.5. The third-order valence-electron chi connectivity index (χ3n) is 5.30. The number of halogens is 2. The molecule has 162 valence electrons. The van der Waals surface area contributed by atoms with Crippen molar-refractivity contribution < 1.29 is 19.4 Å². The highest BCUT2D eigenvalue weighted by Gasteiger charge is 2.31. The van der Waals surface area contributed by atoms with Crippen molar-refractivity contribution in [1.82, 2.24) is 4.98 Å². The minimum Gasteiger partial charge on any atom is -0.481 e. The second kappa shape index (κ2) is 10.1. The summed E-state index contributed by atoms with van der Waals surface area (Å²) in [6.45, 7) is 2.65. The highest BCUT2D eigenvalue weighted by molar-refractivity contribution is 7.14. The SMILES string of the molecule is C[C@@H]1CC(CC(CC(=O)O)C(=O)N(C)c2nc(-c3cc(Cl)ccc3Cl)cs2)CCO1. The van der Waals surface area contributed by atoms with Crippen molar-refractivity contribution in [3.8, 4) is 11.3 Å². The van der Waals surface area contributed by atoms with E-state index in [4.69, 9.17) is 27.9 Å². The van der Waals surface area contributed by atoms with Crippen LogP contribution in [0, 0.1) is 11.8 Å². The molecule has 2 heterocycles. The van der Waals surface area contributed by atoms with Crippen LogP contribution in [0.2, 0.25) is 10.0 Å². The van der Waals surface area contributed by atoms with Gasteiger partial charge in [-0.1, -0.05) is 23.2 Å². The molecule has 1 saturated heterocycles. The van der Waals surface area contributed by atoms with E-state index in [1.165, 1.54) is 16.2 Å².